The molecule has 2 fully saturated rings. The molecule has 25 heavy (non-hydrogen) atoms. The number of carbonyl (C=O) groups excluding carboxylic acids is 2. The summed E-state index contributed by atoms with van der Waals surface area (Å²) in [4.78, 5) is 25.9. The summed E-state index contributed by atoms with van der Waals surface area (Å²) in [6.07, 6.45) is -4.45. The molecule has 0 spiro atoms. The summed E-state index contributed by atoms with van der Waals surface area (Å²) in [5, 5.41) is 2.71. The number of fused-ring (bicyclic) bond motifs is 1. The summed E-state index contributed by atoms with van der Waals surface area (Å²) in [6.45, 7) is 0.658. The van der Waals surface area contributed by atoms with Crippen LogP contribution in [-0.2, 0) is 19.9 Å². The van der Waals surface area contributed by atoms with Crippen molar-refractivity contribution in [3.63, 3.8) is 0 Å². The van der Waals surface area contributed by atoms with E-state index in [2.05, 4.69) is 5.32 Å². The first-order chi connectivity index (χ1) is 11.8. The van der Waals surface area contributed by atoms with E-state index < -0.39 is 23.6 Å². The molecule has 1 aromatic carbocycles. The van der Waals surface area contributed by atoms with Crippen LogP contribution in [0.4, 0.5) is 13.2 Å². The predicted molar refractivity (Wildman–Crippen MR) is 82.4 cm³/mol. The highest BCUT2D eigenvalue weighted by Crippen LogP contribution is 2.44. The quantitative estimate of drug-likeness (QED) is 0.897. The van der Waals surface area contributed by atoms with E-state index >= 15 is 0 Å². The lowest BCUT2D eigenvalue weighted by atomic mass is 9.85. The fourth-order valence-corrected chi connectivity index (χ4v) is 3.71. The summed E-state index contributed by atoms with van der Waals surface area (Å²) in [5.41, 5.74) is -3.34. The van der Waals surface area contributed by atoms with Crippen LogP contribution < -0.4 is 5.32 Å². The number of rotatable bonds is 3. The average molecular weight is 356 g/mol. The molecule has 1 N–H and O–H groups in total. The Hall–Kier alpha value is -2.09. The van der Waals surface area contributed by atoms with Gasteiger partial charge in [0.05, 0.1) is 5.92 Å². The molecule has 2 aliphatic rings. The van der Waals surface area contributed by atoms with E-state index in [4.69, 9.17) is 4.74 Å². The SMILES string of the molecule is CO[C@](C(=O)N1CC[C@@H]2CNC(=O)[C@@H]2C1)(c1ccccc1)C(F)(F)F. The van der Waals surface area contributed by atoms with Crippen molar-refractivity contribution in [1.29, 1.82) is 0 Å². The third-order valence-corrected chi connectivity index (χ3v) is 5.11. The molecule has 0 aliphatic carbocycles. The molecule has 8 heteroatoms. The maximum Gasteiger partial charge on any atom is 0.430 e. The van der Waals surface area contributed by atoms with Crippen molar-refractivity contribution in [2.45, 2.75) is 18.2 Å². The van der Waals surface area contributed by atoms with E-state index in [9.17, 15) is 22.8 Å². The zero-order valence-electron chi connectivity index (χ0n) is 13.7. The summed E-state index contributed by atoms with van der Waals surface area (Å²) in [5.74, 6) is -1.78. The Morgan fingerprint density at radius 2 is 1.96 bits per heavy atom. The fourth-order valence-electron chi connectivity index (χ4n) is 3.71. The zero-order valence-corrected chi connectivity index (χ0v) is 13.7. The number of piperidine rings is 1. The van der Waals surface area contributed by atoms with Crippen LogP contribution in [-0.4, -0.2) is 49.6 Å². The van der Waals surface area contributed by atoms with Gasteiger partial charge in [-0.1, -0.05) is 30.3 Å². The van der Waals surface area contributed by atoms with Crippen LogP contribution in [0.15, 0.2) is 30.3 Å². The van der Waals surface area contributed by atoms with Crippen molar-refractivity contribution < 1.29 is 27.5 Å². The minimum atomic E-state index is -4.94. The Kier molecular flexibility index (Phi) is 4.49. The van der Waals surface area contributed by atoms with E-state index in [1.165, 1.54) is 24.3 Å². The van der Waals surface area contributed by atoms with Gasteiger partial charge in [-0.3, -0.25) is 9.59 Å². The number of amides is 2. The number of likely N-dealkylation sites (tertiary alicyclic amines) is 1. The van der Waals surface area contributed by atoms with Crippen molar-refractivity contribution in [2.75, 3.05) is 26.7 Å². The number of benzene rings is 1. The number of methoxy groups -OCH3 is 1. The lowest BCUT2D eigenvalue weighted by Gasteiger charge is -2.41. The molecule has 2 heterocycles. The topological polar surface area (TPSA) is 58.6 Å². The molecule has 0 saturated carbocycles. The van der Waals surface area contributed by atoms with E-state index in [1.807, 2.05) is 0 Å². The normalized spacial score (nSPS) is 25.9. The standard InChI is InChI=1S/C17H19F3N2O3/c1-25-16(17(18,19)20,12-5-3-2-4-6-12)15(24)22-8-7-11-9-21-14(23)13(11)10-22/h2-6,11,13H,7-10H2,1H3,(H,21,23)/t11-,13-,16+/m1/s1. The maximum absolute atomic E-state index is 14.0. The van der Waals surface area contributed by atoms with Crippen LogP contribution in [0.2, 0.25) is 0 Å². The molecule has 3 atom stereocenters. The monoisotopic (exact) mass is 356 g/mol. The van der Waals surface area contributed by atoms with Gasteiger partial charge in [-0.25, -0.2) is 0 Å². The minimum absolute atomic E-state index is 0.0244. The van der Waals surface area contributed by atoms with Crippen molar-refractivity contribution in [3.8, 4) is 0 Å². The second kappa shape index (κ2) is 6.33. The highest BCUT2D eigenvalue weighted by atomic mass is 19.4. The number of halogens is 3. The smallest absolute Gasteiger partial charge is 0.356 e. The van der Waals surface area contributed by atoms with E-state index in [0.717, 1.165) is 12.0 Å². The lowest BCUT2D eigenvalue weighted by Crippen LogP contribution is -2.59. The van der Waals surface area contributed by atoms with Crippen LogP contribution in [0.3, 0.4) is 0 Å². The van der Waals surface area contributed by atoms with Gasteiger partial charge in [0.2, 0.25) is 5.91 Å². The number of nitrogens with zero attached hydrogens (tertiary/aromatic N) is 1. The summed E-state index contributed by atoms with van der Waals surface area (Å²) >= 11 is 0. The molecule has 0 aromatic heterocycles. The third-order valence-electron chi connectivity index (χ3n) is 5.11. The van der Waals surface area contributed by atoms with Crippen molar-refractivity contribution in [3.05, 3.63) is 35.9 Å². The van der Waals surface area contributed by atoms with Gasteiger partial charge in [-0.05, 0) is 12.3 Å². The van der Waals surface area contributed by atoms with Gasteiger partial charge < -0.3 is 15.0 Å². The maximum atomic E-state index is 14.0. The molecule has 5 nitrogen and oxygen atoms in total. The van der Waals surface area contributed by atoms with Gasteiger partial charge in [0.1, 0.15) is 0 Å². The molecule has 3 rings (SSSR count). The Labute approximate surface area is 143 Å². The first-order valence-electron chi connectivity index (χ1n) is 8.05. The second-order valence-corrected chi connectivity index (χ2v) is 6.40. The molecule has 0 radical (unpaired) electrons. The molecule has 0 unspecified atom stereocenters. The van der Waals surface area contributed by atoms with Gasteiger partial charge in [-0.2, -0.15) is 13.2 Å². The van der Waals surface area contributed by atoms with Crippen LogP contribution in [0.25, 0.3) is 0 Å². The highest BCUT2D eigenvalue weighted by molar-refractivity contribution is 5.89. The van der Waals surface area contributed by atoms with Gasteiger partial charge in [0.25, 0.3) is 11.5 Å². The number of hydrogen-bond donors (Lipinski definition) is 1. The Morgan fingerprint density at radius 3 is 2.56 bits per heavy atom. The Morgan fingerprint density at radius 1 is 1.28 bits per heavy atom. The van der Waals surface area contributed by atoms with Gasteiger partial charge in [0.15, 0.2) is 0 Å². The lowest BCUT2D eigenvalue weighted by molar-refractivity contribution is -0.271. The van der Waals surface area contributed by atoms with E-state index in [-0.39, 0.29) is 30.5 Å². The van der Waals surface area contributed by atoms with Crippen molar-refractivity contribution >= 4 is 11.8 Å². The van der Waals surface area contributed by atoms with Gasteiger partial charge in [-0.15, -0.1) is 0 Å². The summed E-state index contributed by atoms with van der Waals surface area (Å²) < 4.78 is 46.7. The first kappa shape index (κ1) is 17.7. The van der Waals surface area contributed by atoms with Crippen LogP contribution in [0, 0.1) is 11.8 Å². The Bertz CT molecular complexity index is 665. The summed E-state index contributed by atoms with van der Waals surface area (Å²) in [6, 6.07) is 6.88. The van der Waals surface area contributed by atoms with Crippen LogP contribution in [0.1, 0.15) is 12.0 Å². The minimum Gasteiger partial charge on any atom is -0.356 e. The van der Waals surface area contributed by atoms with E-state index in [1.54, 1.807) is 6.07 Å². The first-order valence-corrected chi connectivity index (χ1v) is 8.05. The Balaban J connectivity index is 1.96. The molecule has 2 amide bonds. The fraction of sp³-hybridized carbons (Fsp3) is 0.529. The van der Waals surface area contributed by atoms with Crippen LogP contribution in [0.5, 0.6) is 0 Å². The second-order valence-electron chi connectivity index (χ2n) is 6.40. The van der Waals surface area contributed by atoms with Crippen molar-refractivity contribution in [1.82, 2.24) is 10.2 Å². The van der Waals surface area contributed by atoms with Crippen molar-refractivity contribution in [2.24, 2.45) is 11.8 Å². The number of carbonyl (C=O) groups is 2. The van der Waals surface area contributed by atoms with Crippen LogP contribution >= 0.6 is 0 Å². The number of alkyl halides is 3. The largest absolute Gasteiger partial charge is 0.430 e. The molecular weight excluding hydrogens is 337 g/mol. The predicted octanol–water partition coefficient (Wildman–Crippen LogP) is 1.69. The number of hydrogen-bond acceptors (Lipinski definition) is 3. The average Bonchev–Trinajstić information content (AvgIpc) is 2.96. The summed E-state index contributed by atoms with van der Waals surface area (Å²) in [7, 11) is 0.882. The molecule has 0 bridgehead atoms. The molecule has 1 aromatic rings. The number of nitrogens with one attached hydrogen (secondary N) is 1. The van der Waals surface area contributed by atoms with Gasteiger partial charge >= 0.3 is 6.18 Å². The zero-order chi connectivity index (χ0) is 18.2. The third kappa shape index (κ3) is 2.78. The van der Waals surface area contributed by atoms with Gasteiger partial charge in [0, 0.05) is 32.3 Å². The van der Waals surface area contributed by atoms with E-state index in [0.29, 0.717) is 13.0 Å². The highest BCUT2D eigenvalue weighted by Gasteiger charge is 2.64. The molecular formula is C17H19F3N2O3. The molecule has 2 aliphatic heterocycles. The number of ether oxygens (including phenoxy) is 1. The molecule has 136 valence electrons. The molecule has 2 saturated heterocycles.